The van der Waals surface area contributed by atoms with E-state index in [-0.39, 0.29) is 18.2 Å². The Bertz CT molecular complexity index is 1180. The summed E-state index contributed by atoms with van der Waals surface area (Å²) in [7, 11) is 0. The van der Waals surface area contributed by atoms with Crippen LogP contribution < -0.4 is 15.5 Å². The van der Waals surface area contributed by atoms with Crippen LogP contribution in [0.25, 0.3) is 11.0 Å². The van der Waals surface area contributed by atoms with Crippen molar-refractivity contribution in [2.75, 3.05) is 36.1 Å². The molecule has 1 saturated heterocycles. The molecule has 1 aromatic carbocycles. The summed E-state index contributed by atoms with van der Waals surface area (Å²) in [5.41, 5.74) is 1.48. The van der Waals surface area contributed by atoms with Gasteiger partial charge >= 0.3 is 0 Å². The first-order chi connectivity index (χ1) is 16.4. The Morgan fingerprint density at radius 3 is 2.74 bits per heavy atom. The van der Waals surface area contributed by atoms with Crippen molar-refractivity contribution in [3.05, 3.63) is 35.5 Å². The van der Waals surface area contributed by atoms with E-state index in [1.165, 1.54) is 11.8 Å². The van der Waals surface area contributed by atoms with Crippen molar-refractivity contribution in [3.8, 4) is 0 Å². The molecule has 2 amide bonds. The van der Waals surface area contributed by atoms with E-state index in [0.29, 0.717) is 35.7 Å². The molecule has 180 valence electrons. The number of carbonyl (C=O) groups is 2. The second kappa shape index (κ2) is 10.6. The molecule has 1 aliphatic heterocycles. The lowest BCUT2D eigenvalue weighted by Crippen LogP contribution is -2.35. The van der Waals surface area contributed by atoms with Crippen LogP contribution in [-0.4, -0.2) is 57.5 Å². The minimum Gasteiger partial charge on any atom is -0.369 e. The van der Waals surface area contributed by atoms with Gasteiger partial charge in [0.15, 0.2) is 10.8 Å². The highest BCUT2D eigenvalue weighted by molar-refractivity contribution is 7.98. The molecule has 34 heavy (non-hydrogen) atoms. The van der Waals surface area contributed by atoms with Gasteiger partial charge in [-0.15, -0.1) is 0 Å². The van der Waals surface area contributed by atoms with Crippen LogP contribution in [0.1, 0.15) is 20.3 Å². The molecular formula is C23H28ClN7O2S. The molecular weight excluding hydrogens is 474 g/mol. The molecule has 0 radical (unpaired) electrons. The second-order valence-electron chi connectivity index (χ2n) is 8.61. The zero-order valence-corrected chi connectivity index (χ0v) is 21.0. The first kappa shape index (κ1) is 24.3. The zero-order chi connectivity index (χ0) is 24.2. The number of nitrogens with one attached hydrogen (secondary N) is 2. The monoisotopic (exact) mass is 501 g/mol. The van der Waals surface area contributed by atoms with Crippen LogP contribution in [0.5, 0.6) is 0 Å². The van der Waals surface area contributed by atoms with E-state index in [1.54, 1.807) is 40.0 Å². The number of carbonyl (C=O) groups excluding carboxylic acids is 2. The predicted octanol–water partition coefficient (Wildman–Crippen LogP) is 3.44. The number of benzene rings is 1. The van der Waals surface area contributed by atoms with Gasteiger partial charge in [0.05, 0.1) is 24.0 Å². The van der Waals surface area contributed by atoms with E-state index < -0.39 is 5.92 Å². The molecule has 2 N–H and O–H groups in total. The first-order valence-electron chi connectivity index (χ1n) is 11.2. The minimum absolute atomic E-state index is 0.0664. The van der Waals surface area contributed by atoms with Crippen molar-refractivity contribution < 1.29 is 9.59 Å². The lowest BCUT2D eigenvalue weighted by atomic mass is 10.1. The Balaban J connectivity index is 1.38. The SMILES string of the molecule is CSc1nc(NCC(C)C)c2cnn(CCNC(=O)C3CC(=O)N(c4ccc(Cl)cc4)C3)c2n1. The molecule has 2 aromatic heterocycles. The quantitative estimate of drug-likeness (QED) is 0.342. The summed E-state index contributed by atoms with van der Waals surface area (Å²) < 4.78 is 1.78. The van der Waals surface area contributed by atoms with Crippen LogP contribution in [0, 0.1) is 11.8 Å². The molecule has 9 nitrogen and oxygen atoms in total. The normalized spacial score (nSPS) is 16.0. The van der Waals surface area contributed by atoms with Gasteiger partial charge < -0.3 is 15.5 Å². The average Bonchev–Trinajstić information content (AvgIpc) is 3.41. The number of aromatic nitrogens is 4. The summed E-state index contributed by atoms with van der Waals surface area (Å²) >= 11 is 7.41. The van der Waals surface area contributed by atoms with Crippen LogP contribution in [0.15, 0.2) is 35.6 Å². The maximum absolute atomic E-state index is 12.7. The Kier molecular flexibility index (Phi) is 7.57. The summed E-state index contributed by atoms with van der Waals surface area (Å²) in [6.07, 6.45) is 3.88. The van der Waals surface area contributed by atoms with Gasteiger partial charge in [-0.2, -0.15) is 5.10 Å². The van der Waals surface area contributed by atoms with Gasteiger partial charge in [0.1, 0.15) is 5.82 Å². The van der Waals surface area contributed by atoms with E-state index in [0.717, 1.165) is 29.1 Å². The Hall–Kier alpha value is -2.85. The van der Waals surface area contributed by atoms with Gasteiger partial charge in [0, 0.05) is 36.8 Å². The van der Waals surface area contributed by atoms with Crippen molar-refractivity contribution in [1.29, 1.82) is 0 Å². The van der Waals surface area contributed by atoms with Crippen LogP contribution in [-0.2, 0) is 16.1 Å². The summed E-state index contributed by atoms with van der Waals surface area (Å²) in [6.45, 7) is 6.28. The molecule has 11 heteroatoms. The highest BCUT2D eigenvalue weighted by Gasteiger charge is 2.35. The molecule has 1 atom stereocenters. The number of hydrogen-bond acceptors (Lipinski definition) is 7. The van der Waals surface area contributed by atoms with Crippen molar-refractivity contribution in [2.45, 2.75) is 32.0 Å². The number of thioether (sulfide) groups is 1. The number of rotatable bonds is 9. The number of anilines is 2. The molecule has 0 saturated carbocycles. The van der Waals surface area contributed by atoms with E-state index in [4.69, 9.17) is 11.6 Å². The third-order valence-corrected chi connectivity index (χ3v) is 6.39. The van der Waals surface area contributed by atoms with E-state index >= 15 is 0 Å². The molecule has 1 aliphatic rings. The van der Waals surface area contributed by atoms with E-state index in [1.807, 2.05) is 6.26 Å². The molecule has 1 unspecified atom stereocenters. The lowest BCUT2D eigenvalue weighted by Gasteiger charge is -2.16. The molecule has 1 fully saturated rings. The molecule has 0 spiro atoms. The van der Waals surface area contributed by atoms with Crippen molar-refractivity contribution in [1.82, 2.24) is 25.1 Å². The maximum Gasteiger partial charge on any atom is 0.227 e. The summed E-state index contributed by atoms with van der Waals surface area (Å²) in [5, 5.41) is 12.9. The molecule has 3 aromatic rings. The summed E-state index contributed by atoms with van der Waals surface area (Å²) in [5.74, 6) is 0.647. The highest BCUT2D eigenvalue weighted by atomic mass is 35.5. The Morgan fingerprint density at radius 2 is 2.03 bits per heavy atom. The number of amides is 2. The minimum atomic E-state index is -0.394. The lowest BCUT2D eigenvalue weighted by molar-refractivity contribution is -0.126. The number of halogens is 1. The fourth-order valence-corrected chi connectivity index (χ4v) is 4.30. The third-order valence-electron chi connectivity index (χ3n) is 5.59. The average molecular weight is 502 g/mol. The number of fused-ring (bicyclic) bond motifs is 1. The van der Waals surface area contributed by atoms with Gasteiger partial charge in [0.25, 0.3) is 0 Å². The third kappa shape index (κ3) is 5.44. The topological polar surface area (TPSA) is 105 Å². The zero-order valence-electron chi connectivity index (χ0n) is 19.4. The van der Waals surface area contributed by atoms with Gasteiger partial charge in [-0.25, -0.2) is 14.6 Å². The summed E-state index contributed by atoms with van der Waals surface area (Å²) in [6, 6.07) is 7.06. The van der Waals surface area contributed by atoms with E-state index in [9.17, 15) is 9.59 Å². The molecule has 0 bridgehead atoms. The van der Waals surface area contributed by atoms with Crippen molar-refractivity contribution in [3.63, 3.8) is 0 Å². The van der Waals surface area contributed by atoms with Gasteiger partial charge in [-0.05, 0) is 36.4 Å². The van der Waals surface area contributed by atoms with Crippen LogP contribution in [0.4, 0.5) is 11.5 Å². The standard InChI is InChI=1S/C23H28ClN7O2S/c1-14(2)11-26-20-18-12-27-31(21(18)29-23(28-20)34-3)9-8-25-22(33)15-10-19(32)30(13-15)17-6-4-16(24)5-7-17/h4-7,12,14-15H,8-11,13H2,1-3H3,(H,25,33)(H,26,28,29). The van der Waals surface area contributed by atoms with Gasteiger partial charge in [0.2, 0.25) is 11.8 Å². The smallest absolute Gasteiger partial charge is 0.227 e. The predicted molar refractivity (Wildman–Crippen MR) is 135 cm³/mol. The van der Waals surface area contributed by atoms with Crippen molar-refractivity contribution in [2.24, 2.45) is 11.8 Å². The maximum atomic E-state index is 12.7. The number of nitrogens with zero attached hydrogens (tertiary/aromatic N) is 5. The first-order valence-corrected chi connectivity index (χ1v) is 12.8. The Morgan fingerprint density at radius 1 is 1.26 bits per heavy atom. The molecule has 0 aliphatic carbocycles. The van der Waals surface area contributed by atoms with E-state index in [2.05, 4.69) is 39.5 Å². The van der Waals surface area contributed by atoms with Crippen molar-refractivity contribution >= 4 is 57.7 Å². The highest BCUT2D eigenvalue weighted by Crippen LogP contribution is 2.27. The number of hydrogen-bond donors (Lipinski definition) is 2. The summed E-state index contributed by atoms with van der Waals surface area (Å²) in [4.78, 5) is 36.0. The van der Waals surface area contributed by atoms with Crippen LogP contribution in [0.3, 0.4) is 0 Å². The second-order valence-corrected chi connectivity index (χ2v) is 9.82. The fraction of sp³-hybridized carbons (Fsp3) is 0.435. The molecule has 3 heterocycles. The van der Waals surface area contributed by atoms with Crippen LogP contribution in [0.2, 0.25) is 5.02 Å². The Labute approximate surface area is 207 Å². The van der Waals surface area contributed by atoms with Gasteiger partial charge in [-0.3, -0.25) is 9.59 Å². The largest absolute Gasteiger partial charge is 0.369 e. The fourth-order valence-electron chi connectivity index (χ4n) is 3.81. The van der Waals surface area contributed by atoms with Gasteiger partial charge in [-0.1, -0.05) is 37.2 Å². The molecule has 4 rings (SSSR count). The van der Waals surface area contributed by atoms with Crippen LogP contribution >= 0.6 is 23.4 Å².